The Kier molecular flexibility index (Phi) is 4.81. The lowest BCUT2D eigenvalue weighted by molar-refractivity contribution is 0.242. The van der Waals surface area contributed by atoms with Crippen LogP contribution < -0.4 is 5.56 Å². The van der Waals surface area contributed by atoms with Crippen molar-refractivity contribution in [1.82, 2.24) is 14.9 Å². The topological polar surface area (TPSA) is 49.0 Å². The summed E-state index contributed by atoms with van der Waals surface area (Å²) in [4.78, 5) is 22.4. The van der Waals surface area contributed by atoms with Crippen LogP contribution >= 0.6 is 23.2 Å². The summed E-state index contributed by atoms with van der Waals surface area (Å²) in [6, 6.07) is 15.1. The van der Waals surface area contributed by atoms with Gasteiger partial charge in [0.2, 0.25) is 0 Å². The molecule has 3 aromatic rings. The predicted molar refractivity (Wildman–Crippen MR) is 105 cm³/mol. The zero-order valence-electron chi connectivity index (χ0n) is 14.0. The number of fused-ring (bicyclic) bond motifs is 1. The highest BCUT2D eigenvalue weighted by Crippen LogP contribution is 2.21. The lowest BCUT2D eigenvalue weighted by Crippen LogP contribution is -2.35. The minimum absolute atomic E-state index is 0.0687. The fourth-order valence-corrected chi connectivity index (χ4v) is 3.46. The molecule has 132 valence electrons. The number of hydrogen-bond donors (Lipinski definition) is 1. The molecule has 0 bridgehead atoms. The second kappa shape index (κ2) is 7.23. The number of hydrogen-bond acceptors (Lipinski definition) is 3. The molecule has 4 nitrogen and oxygen atoms in total. The SMILES string of the molecule is O=c1[nH]c(-c2ccc(Cl)cc2)nc2c1CN(Cc1ccc(Cl)cc1)CC2. The van der Waals surface area contributed by atoms with Crippen LogP contribution in [0.2, 0.25) is 10.0 Å². The van der Waals surface area contributed by atoms with Crippen LogP contribution in [0.3, 0.4) is 0 Å². The Morgan fingerprint density at radius 2 is 1.65 bits per heavy atom. The van der Waals surface area contributed by atoms with Crippen LogP contribution in [0, 0.1) is 0 Å². The minimum Gasteiger partial charge on any atom is -0.306 e. The van der Waals surface area contributed by atoms with Crippen LogP contribution in [0.25, 0.3) is 11.4 Å². The summed E-state index contributed by atoms with van der Waals surface area (Å²) in [6.07, 6.45) is 0.757. The van der Waals surface area contributed by atoms with Gasteiger partial charge in [0.15, 0.2) is 0 Å². The predicted octanol–water partition coefficient (Wildman–Crippen LogP) is 4.30. The number of benzene rings is 2. The van der Waals surface area contributed by atoms with Crippen molar-refractivity contribution < 1.29 is 0 Å². The molecule has 1 N–H and O–H groups in total. The zero-order chi connectivity index (χ0) is 18.1. The van der Waals surface area contributed by atoms with Crippen molar-refractivity contribution in [2.24, 2.45) is 0 Å². The molecule has 2 heterocycles. The first kappa shape index (κ1) is 17.3. The number of H-pyrrole nitrogens is 1. The molecular weight excluding hydrogens is 369 g/mol. The standard InChI is InChI=1S/C20H17Cl2N3O/c21-15-5-1-13(2-6-15)11-25-10-9-18-17(12-25)20(26)24-19(23-18)14-3-7-16(22)8-4-14/h1-8H,9-12H2,(H,23,24,26). The van der Waals surface area contributed by atoms with E-state index < -0.39 is 0 Å². The highest BCUT2D eigenvalue weighted by atomic mass is 35.5. The molecule has 4 rings (SSSR count). The maximum absolute atomic E-state index is 12.6. The molecule has 1 aliphatic rings. The van der Waals surface area contributed by atoms with E-state index in [9.17, 15) is 4.79 Å². The third-order valence-electron chi connectivity index (χ3n) is 4.58. The molecule has 2 aromatic carbocycles. The van der Waals surface area contributed by atoms with Crippen molar-refractivity contribution in [2.45, 2.75) is 19.5 Å². The molecule has 0 fully saturated rings. The van der Waals surface area contributed by atoms with Gasteiger partial charge in [-0.25, -0.2) is 4.98 Å². The monoisotopic (exact) mass is 385 g/mol. The zero-order valence-corrected chi connectivity index (χ0v) is 15.5. The number of nitrogens with zero attached hydrogens (tertiary/aromatic N) is 2. The molecule has 0 amide bonds. The first-order valence-electron chi connectivity index (χ1n) is 8.43. The van der Waals surface area contributed by atoms with Gasteiger partial charge in [0.25, 0.3) is 5.56 Å². The second-order valence-electron chi connectivity index (χ2n) is 6.43. The number of nitrogens with one attached hydrogen (secondary N) is 1. The molecule has 6 heteroatoms. The molecule has 0 unspecified atom stereocenters. The molecule has 0 saturated carbocycles. The molecule has 0 atom stereocenters. The van der Waals surface area contributed by atoms with Crippen molar-refractivity contribution >= 4 is 23.2 Å². The third-order valence-corrected chi connectivity index (χ3v) is 5.09. The Balaban J connectivity index is 1.57. The smallest absolute Gasteiger partial charge is 0.255 e. The molecule has 1 aromatic heterocycles. The van der Waals surface area contributed by atoms with Crippen molar-refractivity contribution in [3.8, 4) is 11.4 Å². The van der Waals surface area contributed by atoms with Crippen molar-refractivity contribution in [1.29, 1.82) is 0 Å². The largest absolute Gasteiger partial charge is 0.306 e. The molecule has 1 aliphatic heterocycles. The summed E-state index contributed by atoms with van der Waals surface area (Å²) in [5.41, 5.74) is 3.60. The Labute approximate surface area is 161 Å². The first-order chi connectivity index (χ1) is 12.6. The Bertz CT molecular complexity index is 981. The van der Waals surface area contributed by atoms with Gasteiger partial charge in [0.05, 0.1) is 11.3 Å². The van der Waals surface area contributed by atoms with Gasteiger partial charge in [-0.2, -0.15) is 0 Å². The van der Waals surface area contributed by atoms with Gasteiger partial charge in [-0.05, 0) is 42.0 Å². The fraction of sp³-hybridized carbons (Fsp3) is 0.200. The van der Waals surface area contributed by atoms with Gasteiger partial charge in [-0.3, -0.25) is 9.69 Å². The van der Waals surface area contributed by atoms with Crippen LogP contribution in [-0.4, -0.2) is 21.4 Å². The van der Waals surface area contributed by atoms with Gasteiger partial charge < -0.3 is 4.98 Å². The quantitative estimate of drug-likeness (QED) is 0.730. The first-order valence-corrected chi connectivity index (χ1v) is 9.19. The number of aromatic nitrogens is 2. The van der Waals surface area contributed by atoms with Crippen molar-refractivity contribution in [3.63, 3.8) is 0 Å². The molecule has 0 aliphatic carbocycles. The number of rotatable bonds is 3. The fourth-order valence-electron chi connectivity index (χ4n) is 3.21. The van der Waals surface area contributed by atoms with Crippen LogP contribution in [0.5, 0.6) is 0 Å². The highest BCUT2D eigenvalue weighted by molar-refractivity contribution is 6.30. The van der Waals surface area contributed by atoms with Gasteiger partial charge in [0, 0.05) is 41.7 Å². The summed E-state index contributed by atoms with van der Waals surface area (Å²) in [7, 11) is 0. The van der Waals surface area contributed by atoms with Crippen LogP contribution in [-0.2, 0) is 19.5 Å². The summed E-state index contributed by atoms with van der Waals surface area (Å²) in [5, 5.41) is 1.39. The van der Waals surface area contributed by atoms with E-state index >= 15 is 0 Å². The van der Waals surface area contributed by atoms with Crippen molar-refractivity contribution in [2.75, 3.05) is 6.54 Å². The van der Waals surface area contributed by atoms with Crippen molar-refractivity contribution in [3.05, 3.63) is 85.8 Å². The summed E-state index contributed by atoms with van der Waals surface area (Å²) in [5.74, 6) is 0.594. The van der Waals surface area contributed by atoms with E-state index in [1.54, 1.807) is 12.1 Å². The van der Waals surface area contributed by atoms with Gasteiger partial charge in [-0.15, -0.1) is 0 Å². The average molecular weight is 386 g/mol. The minimum atomic E-state index is -0.0687. The van der Waals surface area contributed by atoms with E-state index in [2.05, 4.69) is 14.9 Å². The molecule has 26 heavy (non-hydrogen) atoms. The summed E-state index contributed by atoms with van der Waals surface area (Å²) >= 11 is 11.9. The van der Waals surface area contributed by atoms with Crippen LogP contribution in [0.4, 0.5) is 0 Å². The number of aromatic amines is 1. The molecule has 0 spiro atoms. The number of halogens is 2. The van der Waals surface area contributed by atoms with E-state index in [0.717, 1.165) is 41.4 Å². The molecular formula is C20H17Cl2N3O. The van der Waals surface area contributed by atoms with E-state index in [-0.39, 0.29) is 5.56 Å². The third kappa shape index (κ3) is 3.68. The normalized spacial score (nSPS) is 14.2. The maximum Gasteiger partial charge on any atom is 0.255 e. The average Bonchev–Trinajstić information content (AvgIpc) is 2.64. The molecule has 0 radical (unpaired) electrons. The summed E-state index contributed by atoms with van der Waals surface area (Å²) < 4.78 is 0. The maximum atomic E-state index is 12.6. The van der Waals surface area contributed by atoms with Gasteiger partial charge in [-0.1, -0.05) is 35.3 Å². The van der Waals surface area contributed by atoms with Gasteiger partial charge in [0.1, 0.15) is 5.82 Å². The highest BCUT2D eigenvalue weighted by Gasteiger charge is 2.21. The van der Waals surface area contributed by atoms with Gasteiger partial charge >= 0.3 is 0 Å². The summed E-state index contributed by atoms with van der Waals surface area (Å²) in [6.45, 7) is 2.25. The lowest BCUT2D eigenvalue weighted by atomic mass is 10.1. The second-order valence-corrected chi connectivity index (χ2v) is 7.31. The Morgan fingerprint density at radius 3 is 2.35 bits per heavy atom. The van der Waals surface area contributed by atoms with E-state index in [1.165, 1.54) is 5.56 Å². The van der Waals surface area contributed by atoms with E-state index in [1.807, 2.05) is 36.4 Å². The molecule has 0 saturated heterocycles. The van der Waals surface area contributed by atoms with Crippen LogP contribution in [0.15, 0.2) is 53.3 Å². The Morgan fingerprint density at radius 1 is 1.00 bits per heavy atom. The van der Waals surface area contributed by atoms with E-state index in [4.69, 9.17) is 23.2 Å². The lowest BCUT2D eigenvalue weighted by Gasteiger charge is -2.27. The van der Waals surface area contributed by atoms with Crippen LogP contribution in [0.1, 0.15) is 16.8 Å². The van der Waals surface area contributed by atoms with E-state index in [0.29, 0.717) is 17.4 Å². The Hall–Kier alpha value is -2.14.